The highest BCUT2D eigenvalue weighted by molar-refractivity contribution is 5.94. The quantitative estimate of drug-likeness (QED) is 0.807. The minimum Gasteiger partial charge on any atom is -0.342 e. The van der Waals surface area contributed by atoms with Crippen LogP contribution in [0.25, 0.3) is 0 Å². The minimum absolute atomic E-state index is 0.0537. The van der Waals surface area contributed by atoms with E-state index in [0.29, 0.717) is 18.5 Å². The van der Waals surface area contributed by atoms with Gasteiger partial charge in [0.15, 0.2) is 0 Å². The molecule has 4 nitrogen and oxygen atoms in total. The molecule has 2 amide bonds. The van der Waals surface area contributed by atoms with Gasteiger partial charge in [0.2, 0.25) is 5.91 Å². The van der Waals surface area contributed by atoms with Crippen molar-refractivity contribution in [1.29, 1.82) is 0 Å². The predicted octanol–water partition coefficient (Wildman–Crippen LogP) is 2.68. The third-order valence-electron chi connectivity index (χ3n) is 3.91. The van der Waals surface area contributed by atoms with Crippen LogP contribution in [0.4, 0.5) is 0 Å². The Balaban J connectivity index is 2.03. The fourth-order valence-corrected chi connectivity index (χ4v) is 2.61. The van der Waals surface area contributed by atoms with Gasteiger partial charge in [0.05, 0.1) is 0 Å². The second-order valence-electron chi connectivity index (χ2n) is 5.70. The summed E-state index contributed by atoms with van der Waals surface area (Å²) in [5.74, 6) is 0.268. The van der Waals surface area contributed by atoms with Gasteiger partial charge in [-0.1, -0.05) is 25.5 Å². The Bertz CT molecular complexity index is 513. The third kappa shape index (κ3) is 4.06. The molecule has 2 rings (SSSR count). The van der Waals surface area contributed by atoms with Crippen LogP contribution in [0.5, 0.6) is 0 Å². The molecule has 0 radical (unpaired) electrons. The molecule has 1 heterocycles. The van der Waals surface area contributed by atoms with E-state index in [-0.39, 0.29) is 11.8 Å². The molecule has 1 saturated heterocycles. The van der Waals surface area contributed by atoms with Crippen LogP contribution in [0, 0.1) is 0 Å². The van der Waals surface area contributed by atoms with Gasteiger partial charge in [-0.15, -0.1) is 0 Å². The Hall–Kier alpha value is -1.84. The molecule has 0 spiro atoms. The smallest absolute Gasteiger partial charge is 0.253 e. The van der Waals surface area contributed by atoms with Gasteiger partial charge in [0.25, 0.3) is 5.91 Å². The number of hydrogen-bond donors (Lipinski definition) is 0. The average Bonchev–Trinajstić information content (AvgIpc) is 2.89. The zero-order chi connectivity index (χ0) is 15.2. The third-order valence-corrected chi connectivity index (χ3v) is 3.91. The molecule has 21 heavy (non-hydrogen) atoms. The standard InChI is InChI=1S/C17H24N2O2/c1-3-4-10-18(2)17(21)15-8-5-7-14(12-15)13-19-11-6-9-16(19)20/h5,7-8,12H,3-4,6,9-11,13H2,1-2H3. The van der Waals surface area contributed by atoms with Gasteiger partial charge in [0.1, 0.15) is 0 Å². The molecule has 0 bridgehead atoms. The monoisotopic (exact) mass is 288 g/mol. The lowest BCUT2D eigenvalue weighted by Gasteiger charge is -2.18. The van der Waals surface area contributed by atoms with Crippen LogP contribution in [-0.4, -0.2) is 41.8 Å². The van der Waals surface area contributed by atoms with Gasteiger partial charge in [-0.25, -0.2) is 0 Å². The van der Waals surface area contributed by atoms with Gasteiger partial charge in [-0.2, -0.15) is 0 Å². The molecule has 1 aromatic rings. The Morgan fingerprint density at radius 3 is 2.86 bits per heavy atom. The van der Waals surface area contributed by atoms with Gasteiger partial charge in [0, 0.05) is 38.7 Å². The Labute approximate surface area is 126 Å². The Morgan fingerprint density at radius 2 is 2.19 bits per heavy atom. The normalized spacial score (nSPS) is 14.6. The zero-order valence-electron chi connectivity index (χ0n) is 13.0. The number of hydrogen-bond acceptors (Lipinski definition) is 2. The summed E-state index contributed by atoms with van der Waals surface area (Å²) >= 11 is 0. The van der Waals surface area contributed by atoms with Crippen molar-refractivity contribution in [2.45, 2.75) is 39.2 Å². The van der Waals surface area contributed by atoms with Crippen LogP contribution in [-0.2, 0) is 11.3 Å². The lowest BCUT2D eigenvalue weighted by atomic mass is 10.1. The molecule has 0 aromatic heterocycles. The van der Waals surface area contributed by atoms with Gasteiger partial charge in [-0.3, -0.25) is 9.59 Å². The van der Waals surface area contributed by atoms with E-state index < -0.39 is 0 Å². The Morgan fingerprint density at radius 1 is 1.38 bits per heavy atom. The van der Waals surface area contributed by atoms with Crippen molar-refractivity contribution in [2.24, 2.45) is 0 Å². The van der Waals surface area contributed by atoms with E-state index in [1.54, 1.807) is 4.90 Å². The van der Waals surface area contributed by atoms with Crippen molar-refractivity contribution in [3.8, 4) is 0 Å². The average molecular weight is 288 g/mol. The summed E-state index contributed by atoms with van der Waals surface area (Å²) in [5, 5.41) is 0. The highest BCUT2D eigenvalue weighted by Crippen LogP contribution is 2.16. The van der Waals surface area contributed by atoms with E-state index >= 15 is 0 Å². The molecule has 0 saturated carbocycles. The number of nitrogens with zero attached hydrogens (tertiary/aromatic N) is 2. The number of rotatable bonds is 6. The first kappa shape index (κ1) is 15.5. The van der Waals surface area contributed by atoms with Crippen LogP contribution < -0.4 is 0 Å². The number of benzene rings is 1. The van der Waals surface area contributed by atoms with Crippen LogP contribution >= 0.6 is 0 Å². The van der Waals surface area contributed by atoms with E-state index in [1.807, 2.05) is 36.2 Å². The lowest BCUT2D eigenvalue weighted by Crippen LogP contribution is -2.28. The largest absolute Gasteiger partial charge is 0.342 e. The maximum Gasteiger partial charge on any atom is 0.253 e. The summed E-state index contributed by atoms with van der Waals surface area (Å²) in [7, 11) is 1.84. The molecule has 0 N–H and O–H groups in total. The first-order valence-corrected chi connectivity index (χ1v) is 7.74. The maximum atomic E-state index is 12.3. The molecule has 0 aliphatic carbocycles. The van der Waals surface area contributed by atoms with Crippen molar-refractivity contribution >= 4 is 11.8 Å². The number of carbonyl (C=O) groups excluding carboxylic acids is 2. The second kappa shape index (κ2) is 7.25. The summed E-state index contributed by atoms with van der Waals surface area (Å²) in [4.78, 5) is 27.7. The number of amides is 2. The van der Waals surface area contributed by atoms with Gasteiger partial charge >= 0.3 is 0 Å². The second-order valence-corrected chi connectivity index (χ2v) is 5.70. The lowest BCUT2D eigenvalue weighted by molar-refractivity contribution is -0.128. The first-order chi connectivity index (χ1) is 10.1. The minimum atomic E-state index is 0.0537. The van der Waals surface area contributed by atoms with E-state index in [4.69, 9.17) is 0 Å². The number of likely N-dealkylation sites (tertiary alicyclic amines) is 1. The molecular weight excluding hydrogens is 264 g/mol. The fourth-order valence-electron chi connectivity index (χ4n) is 2.61. The van der Waals surface area contributed by atoms with Crippen molar-refractivity contribution in [2.75, 3.05) is 20.1 Å². The van der Waals surface area contributed by atoms with Crippen LogP contribution in [0.15, 0.2) is 24.3 Å². The molecule has 1 aromatic carbocycles. The molecule has 0 unspecified atom stereocenters. The van der Waals surface area contributed by atoms with Crippen LogP contribution in [0.1, 0.15) is 48.5 Å². The number of unbranched alkanes of at least 4 members (excludes halogenated alkanes) is 1. The molecular formula is C17H24N2O2. The summed E-state index contributed by atoms with van der Waals surface area (Å²) in [6.45, 7) is 4.34. The van der Waals surface area contributed by atoms with Gasteiger partial charge in [-0.05, 0) is 30.5 Å². The summed E-state index contributed by atoms with van der Waals surface area (Å²) in [6.07, 6.45) is 3.69. The zero-order valence-corrected chi connectivity index (χ0v) is 13.0. The SMILES string of the molecule is CCCCN(C)C(=O)c1cccc(CN2CCCC2=O)c1. The van der Waals surface area contributed by atoms with Crippen molar-refractivity contribution in [1.82, 2.24) is 9.80 Å². The molecule has 114 valence electrons. The van der Waals surface area contributed by atoms with E-state index in [9.17, 15) is 9.59 Å². The maximum absolute atomic E-state index is 12.3. The van der Waals surface area contributed by atoms with E-state index in [2.05, 4.69) is 6.92 Å². The summed E-state index contributed by atoms with van der Waals surface area (Å²) in [6, 6.07) is 7.64. The summed E-state index contributed by atoms with van der Waals surface area (Å²) < 4.78 is 0. The molecule has 0 atom stereocenters. The fraction of sp³-hybridized carbons (Fsp3) is 0.529. The highest BCUT2D eigenvalue weighted by atomic mass is 16.2. The first-order valence-electron chi connectivity index (χ1n) is 7.74. The summed E-state index contributed by atoms with van der Waals surface area (Å²) in [5.41, 5.74) is 1.73. The molecule has 1 aliphatic rings. The van der Waals surface area contributed by atoms with Gasteiger partial charge < -0.3 is 9.80 Å². The Kier molecular flexibility index (Phi) is 5.37. The van der Waals surface area contributed by atoms with Crippen molar-refractivity contribution < 1.29 is 9.59 Å². The highest BCUT2D eigenvalue weighted by Gasteiger charge is 2.20. The van der Waals surface area contributed by atoms with Crippen molar-refractivity contribution in [3.05, 3.63) is 35.4 Å². The van der Waals surface area contributed by atoms with E-state index in [1.165, 1.54) is 0 Å². The topological polar surface area (TPSA) is 40.6 Å². The van der Waals surface area contributed by atoms with Crippen LogP contribution in [0.2, 0.25) is 0 Å². The van der Waals surface area contributed by atoms with Crippen LogP contribution in [0.3, 0.4) is 0 Å². The number of carbonyl (C=O) groups is 2. The molecule has 4 heteroatoms. The molecule has 1 aliphatic heterocycles. The van der Waals surface area contributed by atoms with E-state index in [0.717, 1.165) is 37.9 Å². The van der Waals surface area contributed by atoms with Crippen molar-refractivity contribution in [3.63, 3.8) is 0 Å². The predicted molar refractivity (Wildman–Crippen MR) is 83.0 cm³/mol. The molecule has 1 fully saturated rings.